The van der Waals surface area contributed by atoms with E-state index in [9.17, 15) is 4.79 Å². The molecule has 0 spiro atoms. The van der Waals surface area contributed by atoms with Gasteiger partial charge in [0.05, 0.1) is 12.5 Å². The average Bonchev–Trinajstić information content (AvgIpc) is 2.77. The molecule has 0 aromatic carbocycles. The predicted octanol–water partition coefficient (Wildman–Crippen LogP) is 9.89. The Labute approximate surface area is 202 Å². The summed E-state index contributed by atoms with van der Waals surface area (Å²) in [4.78, 5) is 12.4. The van der Waals surface area contributed by atoms with Gasteiger partial charge in [0.25, 0.3) is 0 Å². The third-order valence-electron chi connectivity index (χ3n) is 7.71. The van der Waals surface area contributed by atoms with Crippen LogP contribution in [0.2, 0.25) is 0 Å². The molecule has 190 valence electrons. The number of hydrogen-bond donors (Lipinski definition) is 0. The number of esters is 1. The maximum Gasteiger partial charge on any atom is 0.308 e. The highest BCUT2D eigenvalue weighted by molar-refractivity contribution is 5.72. The van der Waals surface area contributed by atoms with Crippen molar-refractivity contribution in [2.24, 2.45) is 23.7 Å². The summed E-state index contributed by atoms with van der Waals surface area (Å²) in [6, 6.07) is 0. The second kappa shape index (κ2) is 19.9. The maximum atomic E-state index is 12.4. The highest BCUT2D eigenvalue weighted by atomic mass is 16.5. The van der Waals surface area contributed by atoms with Crippen molar-refractivity contribution in [2.45, 2.75) is 156 Å². The van der Waals surface area contributed by atoms with E-state index in [0.29, 0.717) is 6.61 Å². The van der Waals surface area contributed by atoms with E-state index in [-0.39, 0.29) is 11.9 Å². The first-order valence-corrected chi connectivity index (χ1v) is 14.7. The predicted molar refractivity (Wildman–Crippen MR) is 140 cm³/mol. The fraction of sp³-hybridized carbons (Fsp3) is 0.967. The van der Waals surface area contributed by atoms with Gasteiger partial charge in [-0.1, -0.05) is 124 Å². The van der Waals surface area contributed by atoms with E-state index in [4.69, 9.17) is 4.74 Å². The molecule has 0 aliphatic heterocycles. The Morgan fingerprint density at radius 1 is 0.719 bits per heavy atom. The number of ether oxygens (including phenoxy) is 1. The molecular formula is C30H58O2. The fourth-order valence-corrected chi connectivity index (χ4v) is 5.34. The van der Waals surface area contributed by atoms with E-state index < -0.39 is 0 Å². The quantitative estimate of drug-likeness (QED) is 0.136. The molecule has 32 heavy (non-hydrogen) atoms. The molecule has 1 rings (SSSR count). The van der Waals surface area contributed by atoms with Crippen LogP contribution in [0.15, 0.2) is 0 Å². The van der Waals surface area contributed by atoms with Gasteiger partial charge in [-0.05, 0) is 49.9 Å². The molecule has 0 aromatic rings. The lowest BCUT2D eigenvalue weighted by Gasteiger charge is -2.27. The van der Waals surface area contributed by atoms with E-state index >= 15 is 0 Å². The molecule has 1 aliphatic carbocycles. The van der Waals surface area contributed by atoms with E-state index in [1.54, 1.807) is 0 Å². The van der Waals surface area contributed by atoms with E-state index in [2.05, 4.69) is 27.7 Å². The first-order valence-electron chi connectivity index (χ1n) is 14.7. The standard InChI is InChI=1S/C30H58O2/c1-5-6-7-8-9-10-11-12-13-14-25-32-30(31)29-23-21-28(22-24-29)20-16-19-27(4)18-15-17-26(2)3/h26-29H,5-25H2,1-4H3. The number of unbranched alkanes of at least 4 members (excludes halogenated alkanes) is 9. The minimum atomic E-state index is 0.0955. The Morgan fingerprint density at radius 3 is 1.88 bits per heavy atom. The first-order chi connectivity index (χ1) is 15.5. The van der Waals surface area contributed by atoms with Crippen LogP contribution in [0.1, 0.15) is 156 Å². The number of carbonyl (C=O) groups excluding carboxylic acids is 1. The molecule has 0 radical (unpaired) electrons. The van der Waals surface area contributed by atoms with Gasteiger partial charge in [-0.15, -0.1) is 0 Å². The van der Waals surface area contributed by atoms with Crippen molar-refractivity contribution in [3.8, 4) is 0 Å². The number of rotatable bonds is 20. The molecule has 1 atom stereocenters. The van der Waals surface area contributed by atoms with Crippen molar-refractivity contribution in [1.29, 1.82) is 0 Å². The summed E-state index contributed by atoms with van der Waals surface area (Å²) >= 11 is 0. The average molecular weight is 451 g/mol. The van der Waals surface area contributed by atoms with E-state index in [0.717, 1.165) is 37.0 Å². The molecule has 0 aromatic heterocycles. The van der Waals surface area contributed by atoms with Gasteiger partial charge in [-0.3, -0.25) is 4.79 Å². The third-order valence-corrected chi connectivity index (χ3v) is 7.71. The summed E-state index contributed by atoms with van der Waals surface area (Å²) in [6.07, 6.45) is 26.1. The molecule has 1 fully saturated rings. The zero-order valence-corrected chi connectivity index (χ0v) is 22.5. The molecule has 0 heterocycles. The molecule has 0 N–H and O–H groups in total. The summed E-state index contributed by atoms with van der Waals surface area (Å²) in [7, 11) is 0. The Balaban J connectivity index is 1.94. The Hall–Kier alpha value is -0.530. The highest BCUT2D eigenvalue weighted by Crippen LogP contribution is 2.33. The normalized spacial score (nSPS) is 19.9. The Morgan fingerprint density at radius 2 is 1.28 bits per heavy atom. The largest absolute Gasteiger partial charge is 0.465 e. The molecule has 0 saturated heterocycles. The summed E-state index contributed by atoms with van der Waals surface area (Å²) in [5, 5.41) is 0. The molecule has 1 unspecified atom stereocenters. The molecule has 2 nitrogen and oxygen atoms in total. The first kappa shape index (κ1) is 29.5. The van der Waals surface area contributed by atoms with Crippen LogP contribution in [0.4, 0.5) is 0 Å². The van der Waals surface area contributed by atoms with Crippen LogP contribution in [-0.4, -0.2) is 12.6 Å². The van der Waals surface area contributed by atoms with Gasteiger partial charge in [0.2, 0.25) is 0 Å². The zero-order chi connectivity index (χ0) is 23.4. The summed E-state index contributed by atoms with van der Waals surface area (Å²) < 4.78 is 5.62. The van der Waals surface area contributed by atoms with E-state index in [1.807, 2.05) is 0 Å². The van der Waals surface area contributed by atoms with Crippen LogP contribution in [0, 0.1) is 23.7 Å². The second-order valence-corrected chi connectivity index (χ2v) is 11.4. The van der Waals surface area contributed by atoms with Crippen molar-refractivity contribution >= 4 is 5.97 Å². The topological polar surface area (TPSA) is 26.3 Å². The van der Waals surface area contributed by atoms with Crippen LogP contribution in [0.5, 0.6) is 0 Å². The van der Waals surface area contributed by atoms with Gasteiger partial charge in [0, 0.05) is 0 Å². The highest BCUT2D eigenvalue weighted by Gasteiger charge is 2.27. The lowest BCUT2D eigenvalue weighted by Crippen LogP contribution is -2.24. The lowest BCUT2D eigenvalue weighted by atomic mass is 9.79. The number of hydrogen-bond acceptors (Lipinski definition) is 2. The van der Waals surface area contributed by atoms with Crippen LogP contribution in [0.25, 0.3) is 0 Å². The van der Waals surface area contributed by atoms with Crippen LogP contribution in [-0.2, 0) is 9.53 Å². The van der Waals surface area contributed by atoms with Crippen molar-refractivity contribution in [3.05, 3.63) is 0 Å². The second-order valence-electron chi connectivity index (χ2n) is 11.4. The van der Waals surface area contributed by atoms with Crippen molar-refractivity contribution in [1.82, 2.24) is 0 Å². The maximum absolute atomic E-state index is 12.4. The molecule has 0 bridgehead atoms. The van der Waals surface area contributed by atoms with Crippen molar-refractivity contribution < 1.29 is 9.53 Å². The number of carbonyl (C=O) groups is 1. The van der Waals surface area contributed by atoms with Crippen molar-refractivity contribution in [3.63, 3.8) is 0 Å². The van der Waals surface area contributed by atoms with Gasteiger partial charge in [-0.25, -0.2) is 0 Å². The molecule has 0 amide bonds. The van der Waals surface area contributed by atoms with Crippen LogP contribution in [0.3, 0.4) is 0 Å². The van der Waals surface area contributed by atoms with Crippen LogP contribution < -0.4 is 0 Å². The SMILES string of the molecule is CCCCCCCCCCCCOC(=O)C1CCC(CCCC(C)CCCC(C)C)CC1. The minimum Gasteiger partial charge on any atom is -0.465 e. The molecule has 1 saturated carbocycles. The Kier molecular flexibility index (Phi) is 18.3. The summed E-state index contributed by atoms with van der Waals surface area (Å²) in [5.41, 5.74) is 0. The smallest absolute Gasteiger partial charge is 0.308 e. The lowest BCUT2D eigenvalue weighted by molar-refractivity contribution is -0.150. The molecular weight excluding hydrogens is 392 g/mol. The summed E-state index contributed by atoms with van der Waals surface area (Å²) in [6.45, 7) is 10.0. The fourth-order valence-electron chi connectivity index (χ4n) is 5.34. The molecule has 2 heteroatoms. The van der Waals surface area contributed by atoms with Gasteiger partial charge < -0.3 is 4.74 Å². The minimum absolute atomic E-state index is 0.0955. The Bertz CT molecular complexity index is 423. The van der Waals surface area contributed by atoms with Crippen LogP contribution >= 0.6 is 0 Å². The van der Waals surface area contributed by atoms with Crippen molar-refractivity contribution in [2.75, 3.05) is 6.61 Å². The third kappa shape index (κ3) is 16.1. The monoisotopic (exact) mass is 450 g/mol. The zero-order valence-electron chi connectivity index (χ0n) is 22.5. The molecule has 1 aliphatic rings. The van der Waals surface area contributed by atoms with Gasteiger partial charge >= 0.3 is 5.97 Å². The van der Waals surface area contributed by atoms with Gasteiger partial charge in [0.1, 0.15) is 0 Å². The van der Waals surface area contributed by atoms with Gasteiger partial charge in [-0.2, -0.15) is 0 Å². The van der Waals surface area contributed by atoms with E-state index in [1.165, 1.54) is 109 Å². The van der Waals surface area contributed by atoms with Gasteiger partial charge in [0.15, 0.2) is 0 Å². The summed E-state index contributed by atoms with van der Waals surface area (Å²) in [5.74, 6) is 2.86.